The number of nitrogens with one attached hydrogen (secondary N) is 1. The third-order valence-electron chi connectivity index (χ3n) is 3.48. The van der Waals surface area contributed by atoms with Crippen LogP contribution in [0.25, 0.3) is 0 Å². The lowest BCUT2D eigenvalue weighted by Gasteiger charge is -2.16. The molecule has 0 spiro atoms. The standard InChI is InChI=1S/C14H23N5/c1-9(2)19-12(5)14(11(4)17-19)16-10(3)13-7-8-15-18(13)6/h7-10,16H,1-6H3. The predicted octanol–water partition coefficient (Wildman–Crippen LogP) is 2.99. The predicted molar refractivity (Wildman–Crippen MR) is 77.3 cm³/mol. The summed E-state index contributed by atoms with van der Waals surface area (Å²) in [5, 5.41) is 12.4. The van der Waals surface area contributed by atoms with Crippen LogP contribution in [0.3, 0.4) is 0 Å². The Hall–Kier alpha value is -1.78. The molecule has 5 heteroatoms. The van der Waals surface area contributed by atoms with Gasteiger partial charge in [-0.1, -0.05) is 0 Å². The van der Waals surface area contributed by atoms with Gasteiger partial charge in [-0.3, -0.25) is 9.36 Å². The molecule has 1 N–H and O–H groups in total. The van der Waals surface area contributed by atoms with E-state index in [0.717, 1.165) is 17.1 Å². The van der Waals surface area contributed by atoms with Gasteiger partial charge in [0, 0.05) is 19.3 Å². The minimum Gasteiger partial charge on any atom is -0.374 e. The Labute approximate surface area is 114 Å². The van der Waals surface area contributed by atoms with Crippen LogP contribution >= 0.6 is 0 Å². The van der Waals surface area contributed by atoms with Crippen LogP contribution in [-0.4, -0.2) is 19.6 Å². The quantitative estimate of drug-likeness (QED) is 0.920. The fourth-order valence-corrected chi connectivity index (χ4v) is 2.47. The van der Waals surface area contributed by atoms with E-state index in [4.69, 9.17) is 0 Å². The molecule has 1 unspecified atom stereocenters. The molecule has 0 aliphatic heterocycles. The Balaban J connectivity index is 2.27. The Morgan fingerprint density at radius 3 is 2.37 bits per heavy atom. The summed E-state index contributed by atoms with van der Waals surface area (Å²) in [6.07, 6.45) is 1.82. The first-order valence-electron chi connectivity index (χ1n) is 6.72. The molecule has 0 aliphatic rings. The summed E-state index contributed by atoms with van der Waals surface area (Å²) in [4.78, 5) is 0. The summed E-state index contributed by atoms with van der Waals surface area (Å²) >= 11 is 0. The van der Waals surface area contributed by atoms with Crippen LogP contribution in [0.15, 0.2) is 12.3 Å². The minimum atomic E-state index is 0.203. The fourth-order valence-electron chi connectivity index (χ4n) is 2.47. The van der Waals surface area contributed by atoms with Crippen molar-refractivity contribution in [3.05, 3.63) is 29.3 Å². The van der Waals surface area contributed by atoms with Gasteiger partial charge in [-0.25, -0.2) is 0 Å². The zero-order chi connectivity index (χ0) is 14.2. The molecule has 0 fully saturated rings. The molecule has 2 aromatic heterocycles. The first kappa shape index (κ1) is 13.6. The van der Waals surface area contributed by atoms with E-state index >= 15 is 0 Å². The Morgan fingerprint density at radius 1 is 1.21 bits per heavy atom. The molecule has 1 atom stereocenters. The van der Waals surface area contributed by atoms with E-state index in [1.54, 1.807) is 0 Å². The number of aromatic nitrogens is 4. The number of aryl methyl sites for hydroxylation is 2. The van der Waals surface area contributed by atoms with Crippen molar-refractivity contribution in [2.24, 2.45) is 7.05 Å². The normalized spacial score (nSPS) is 13.0. The third kappa shape index (κ3) is 2.50. The van der Waals surface area contributed by atoms with Crippen molar-refractivity contribution in [2.75, 3.05) is 5.32 Å². The van der Waals surface area contributed by atoms with Gasteiger partial charge in [0.1, 0.15) is 0 Å². The monoisotopic (exact) mass is 261 g/mol. The van der Waals surface area contributed by atoms with Gasteiger partial charge in [-0.05, 0) is 40.7 Å². The molecule has 2 rings (SSSR count). The number of nitrogens with zero attached hydrogens (tertiary/aromatic N) is 4. The van der Waals surface area contributed by atoms with E-state index in [-0.39, 0.29) is 6.04 Å². The summed E-state index contributed by atoms with van der Waals surface area (Å²) in [6.45, 7) is 10.6. The van der Waals surface area contributed by atoms with E-state index in [1.165, 1.54) is 5.69 Å². The lowest BCUT2D eigenvalue weighted by molar-refractivity contribution is 0.516. The molecule has 5 nitrogen and oxygen atoms in total. The second-order valence-electron chi connectivity index (χ2n) is 5.33. The van der Waals surface area contributed by atoms with E-state index in [0.29, 0.717) is 6.04 Å². The van der Waals surface area contributed by atoms with E-state index in [9.17, 15) is 0 Å². The minimum absolute atomic E-state index is 0.203. The molecule has 104 valence electrons. The highest BCUT2D eigenvalue weighted by Gasteiger charge is 2.17. The van der Waals surface area contributed by atoms with Gasteiger partial charge in [0.15, 0.2) is 0 Å². The summed E-state index contributed by atoms with van der Waals surface area (Å²) in [7, 11) is 1.96. The maximum absolute atomic E-state index is 4.60. The number of anilines is 1. The highest BCUT2D eigenvalue weighted by molar-refractivity contribution is 5.53. The molecule has 2 aromatic rings. The van der Waals surface area contributed by atoms with E-state index < -0.39 is 0 Å². The maximum atomic E-state index is 4.60. The average molecular weight is 261 g/mol. The molecule has 19 heavy (non-hydrogen) atoms. The van der Waals surface area contributed by atoms with Crippen molar-refractivity contribution in [1.82, 2.24) is 19.6 Å². The molecule has 0 saturated carbocycles. The topological polar surface area (TPSA) is 47.7 Å². The van der Waals surface area contributed by atoms with Gasteiger partial charge >= 0.3 is 0 Å². The molecule has 0 bridgehead atoms. The Morgan fingerprint density at radius 2 is 1.89 bits per heavy atom. The van der Waals surface area contributed by atoms with Crippen molar-refractivity contribution in [2.45, 2.75) is 46.7 Å². The van der Waals surface area contributed by atoms with E-state index in [2.05, 4.69) is 47.9 Å². The van der Waals surface area contributed by atoms with Crippen LogP contribution in [0, 0.1) is 13.8 Å². The highest BCUT2D eigenvalue weighted by atomic mass is 15.3. The number of hydrogen-bond acceptors (Lipinski definition) is 3. The van der Waals surface area contributed by atoms with Gasteiger partial charge < -0.3 is 5.32 Å². The molecule has 0 aromatic carbocycles. The molecule has 0 saturated heterocycles. The van der Waals surface area contributed by atoms with Crippen LogP contribution in [0.5, 0.6) is 0 Å². The molecular weight excluding hydrogens is 238 g/mol. The lowest BCUT2D eigenvalue weighted by Crippen LogP contribution is -2.12. The first-order chi connectivity index (χ1) is 8.91. The molecule has 0 amide bonds. The van der Waals surface area contributed by atoms with Crippen molar-refractivity contribution in [3.63, 3.8) is 0 Å². The summed E-state index contributed by atoms with van der Waals surface area (Å²) < 4.78 is 3.96. The zero-order valence-corrected chi connectivity index (χ0v) is 12.6. The summed E-state index contributed by atoms with van der Waals surface area (Å²) in [5.74, 6) is 0. The van der Waals surface area contributed by atoms with Crippen molar-refractivity contribution in [3.8, 4) is 0 Å². The fraction of sp³-hybridized carbons (Fsp3) is 0.571. The van der Waals surface area contributed by atoms with Crippen molar-refractivity contribution < 1.29 is 0 Å². The van der Waals surface area contributed by atoms with Crippen molar-refractivity contribution >= 4 is 5.69 Å². The van der Waals surface area contributed by atoms with Gasteiger partial charge in [0.25, 0.3) is 0 Å². The lowest BCUT2D eigenvalue weighted by atomic mass is 10.2. The van der Waals surface area contributed by atoms with Crippen LogP contribution in [0.4, 0.5) is 5.69 Å². The zero-order valence-electron chi connectivity index (χ0n) is 12.6. The van der Waals surface area contributed by atoms with Crippen LogP contribution in [0.1, 0.15) is 49.9 Å². The van der Waals surface area contributed by atoms with Crippen LogP contribution < -0.4 is 5.32 Å². The highest BCUT2D eigenvalue weighted by Crippen LogP contribution is 2.26. The van der Waals surface area contributed by atoms with Crippen LogP contribution in [-0.2, 0) is 7.05 Å². The average Bonchev–Trinajstić information content (AvgIpc) is 2.87. The summed E-state index contributed by atoms with van der Waals surface area (Å²) in [6, 6.07) is 2.62. The largest absolute Gasteiger partial charge is 0.374 e. The Bertz CT molecular complexity index is 564. The van der Waals surface area contributed by atoms with Gasteiger partial charge in [0.05, 0.1) is 28.8 Å². The SMILES string of the molecule is Cc1nn(C(C)C)c(C)c1NC(C)c1ccnn1C. The molecule has 2 heterocycles. The number of hydrogen-bond donors (Lipinski definition) is 1. The maximum Gasteiger partial charge on any atom is 0.0828 e. The van der Waals surface area contributed by atoms with Gasteiger partial charge in [-0.2, -0.15) is 10.2 Å². The van der Waals surface area contributed by atoms with Crippen molar-refractivity contribution in [1.29, 1.82) is 0 Å². The van der Waals surface area contributed by atoms with Gasteiger partial charge in [-0.15, -0.1) is 0 Å². The third-order valence-corrected chi connectivity index (χ3v) is 3.48. The molecule has 0 aliphatic carbocycles. The smallest absolute Gasteiger partial charge is 0.0828 e. The van der Waals surface area contributed by atoms with Crippen LogP contribution in [0.2, 0.25) is 0 Å². The second kappa shape index (κ2) is 5.07. The number of rotatable bonds is 4. The molecule has 0 radical (unpaired) electrons. The first-order valence-corrected chi connectivity index (χ1v) is 6.72. The Kier molecular flexibility index (Phi) is 3.64. The second-order valence-corrected chi connectivity index (χ2v) is 5.33. The summed E-state index contributed by atoms with van der Waals surface area (Å²) in [5.41, 5.74) is 4.51. The van der Waals surface area contributed by atoms with Gasteiger partial charge in [0.2, 0.25) is 0 Å². The van der Waals surface area contributed by atoms with E-state index in [1.807, 2.05) is 30.9 Å². The molecular formula is C14H23N5.